The summed E-state index contributed by atoms with van der Waals surface area (Å²) >= 11 is 0. The normalized spacial score (nSPS) is 11.5. The average molecular weight is 654 g/mol. The van der Waals surface area contributed by atoms with Gasteiger partial charge in [-0.1, -0.05) is 109 Å². The Hall–Kier alpha value is -6.91. The van der Waals surface area contributed by atoms with Gasteiger partial charge in [-0.05, 0) is 95.4 Å². The van der Waals surface area contributed by atoms with Gasteiger partial charge in [0.25, 0.3) is 0 Å². The van der Waals surface area contributed by atoms with Gasteiger partial charge in [-0.25, -0.2) is 4.98 Å². The van der Waals surface area contributed by atoms with Crippen LogP contribution < -0.4 is 4.90 Å². The monoisotopic (exact) mass is 653 g/mol. The molecule has 8 aromatic carbocycles. The minimum absolute atomic E-state index is 0.629. The van der Waals surface area contributed by atoms with E-state index in [-0.39, 0.29) is 0 Å². The van der Waals surface area contributed by atoms with Crippen molar-refractivity contribution in [1.82, 2.24) is 9.55 Å². The number of aromatic nitrogens is 2. The van der Waals surface area contributed by atoms with E-state index in [2.05, 4.69) is 167 Å². The number of fused-ring (bicyclic) bond motifs is 6. The van der Waals surface area contributed by atoms with Gasteiger partial charge in [-0.3, -0.25) is 0 Å². The van der Waals surface area contributed by atoms with Crippen LogP contribution in [0, 0.1) is 0 Å². The summed E-state index contributed by atoms with van der Waals surface area (Å²) < 4.78 is 8.77. The first-order chi connectivity index (χ1) is 25.3. The highest BCUT2D eigenvalue weighted by Gasteiger charge is 2.19. The molecule has 0 bridgehead atoms. The second-order valence-electron chi connectivity index (χ2n) is 12.8. The third-order valence-electron chi connectivity index (χ3n) is 9.80. The molecule has 10 aromatic rings. The van der Waals surface area contributed by atoms with Crippen LogP contribution in [0.5, 0.6) is 0 Å². The van der Waals surface area contributed by atoms with Crippen molar-refractivity contribution in [2.45, 2.75) is 0 Å². The van der Waals surface area contributed by atoms with Crippen LogP contribution in [0.3, 0.4) is 0 Å². The summed E-state index contributed by atoms with van der Waals surface area (Å²) in [7, 11) is 0. The molecule has 0 unspecified atom stereocenters. The van der Waals surface area contributed by atoms with E-state index >= 15 is 0 Å². The van der Waals surface area contributed by atoms with Crippen molar-refractivity contribution in [2.24, 2.45) is 0 Å². The first kappa shape index (κ1) is 29.0. The van der Waals surface area contributed by atoms with Crippen molar-refractivity contribution in [3.8, 4) is 28.3 Å². The molecule has 0 aliphatic rings. The zero-order chi connectivity index (χ0) is 33.7. The molecule has 2 heterocycles. The van der Waals surface area contributed by atoms with Crippen LogP contribution >= 0.6 is 0 Å². The van der Waals surface area contributed by atoms with Crippen molar-refractivity contribution in [1.29, 1.82) is 0 Å². The van der Waals surface area contributed by atoms with Crippen molar-refractivity contribution >= 4 is 60.7 Å². The lowest BCUT2D eigenvalue weighted by Gasteiger charge is -2.26. The summed E-state index contributed by atoms with van der Waals surface area (Å²) in [4.78, 5) is 7.17. The van der Waals surface area contributed by atoms with E-state index in [1.165, 1.54) is 27.4 Å². The molecule has 0 fully saturated rings. The summed E-state index contributed by atoms with van der Waals surface area (Å²) in [5, 5.41) is 4.57. The fourth-order valence-corrected chi connectivity index (χ4v) is 7.38. The predicted molar refractivity (Wildman–Crippen MR) is 211 cm³/mol. The minimum atomic E-state index is 0.629. The highest BCUT2D eigenvalue weighted by atomic mass is 16.3. The smallest absolute Gasteiger partial charge is 0.227 e. The summed E-state index contributed by atoms with van der Waals surface area (Å²) in [6.07, 6.45) is 0. The van der Waals surface area contributed by atoms with Gasteiger partial charge in [0.05, 0.1) is 11.0 Å². The van der Waals surface area contributed by atoms with E-state index in [9.17, 15) is 0 Å². The molecule has 0 N–H and O–H groups in total. The Morgan fingerprint density at radius 1 is 0.431 bits per heavy atom. The van der Waals surface area contributed by atoms with Crippen LogP contribution in [0.4, 0.5) is 17.1 Å². The topological polar surface area (TPSA) is 34.2 Å². The van der Waals surface area contributed by atoms with Crippen LogP contribution in [0.25, 0.3) is 71.9 Å². The Kier molecular flexibility index (Phi) is 6.78. The summed E-state index contributed by atoms with van der Waals surface area (Å²) in [5.41, 5.74) is 11.7. The molecule has 0 radical (unpaired) electrons. The molecular weight excluding hydrogens is 623 g/mol. The van der Waals surface area contributed by atoms with Gasteiger partial charge in [0, 0.05) is 44.5 Å². The second-order valence-corrected chi connectivity index (χ2v) is 12.8. The van der Waals surface area contributed by atoms with Gasteiger partial charge in [0.15, 0.2) is 5.58 Å². The van der Waals surface area contributed by atoms with E-state index in [1.54, 1.807) is 0 Å². The Balaban J connectivity index is 1.16. The number of hydrogen-bond donors (Lipinski definition) is 0. The maximum absolute atomic E-state index is 6.40. The van der Waals surface area contributed by atoms with Crippen LogP contribution in [-0.4, -0.2) is 9.55 Å². The molecule has 4 heteroatoms. The molecule has 0 aliphatic carbocycles. The van der Waals surface area contributed by atoms with Gasteiger partial charge in [-0.2, -0.15) is 0 Å². The van der Waals surface area contributed by atoms with Crippen LogP contribution in [0.15, 0.2) is 192 Å². The van der Waals surface area contributed by atoms with Gasteiger partial charge < -0.3 is 13.9 Å². The number of oxazole rings is 1. The highest BCUT2D eigenvalue weighted by Crippen LogP contribution is 2.41. The third-order valence-corrected chi connectivity index (χ3v) is 9.80. The van der Waals surface area contributed by atoms with Crippen molar-refractivity contribution in [3.63, 3.8) is 0 Å². The molecule has 0 aliphatic heterocycles. The fraction of sp³-hybridized carbons (Fsp3) is 0. The maximum Gasteiger partial charge on any atom is 0.227 e. The minimum Gasteiger partial charge on any atom is -0.435 e. The first-order valence-corrected chi connectivity index (χ1v) is 17.2. The van der Waals surface area contributed by atoms with Gasteiger partial charge in [0.2, 0.25) is 5.89 Å². The maximum atomic E-state index is 6.40. The lowest BCUT2D eigenvalue weighted by Crippen LogP contribution is -2.10. The van der Waals surface area contributed by atoms with E-state index < -0.39 is 0 Å². The number of para-hydroxylation sites is 2. The standard InChI is InChI=1S/C47H31N3O/c1-4-12-32(13-5-1)33-20-23-37(24-21-33)49(38-25-27-40-35(30-38)22-29-43-46(40)51-47(48-43)34-14-6-2-7-15-34)39-26-28-42-41-18-10-11-19-44(41)50(45(42)31-39)36-16-8-3-9-17-36/h1-31H. The number of benzene rings is 8. The van der Waals surface area contributed by atoms with Crippen molar-refractivity contribution in [2.75, 3.05) is 4.90 Å². The Morgan fingerprint density at radius 2 is 1.02 bits per heavy atom. The molecule has 0 atom stereocenters. The Morgan fingerprint density at radius 3 is 1.78 bits per heavy atom. The van der Waals surface area contributed by atoms with Crippen LogP contribution in [-0.2, 0) is 0 Å². The average Bonchev–Trinajstić information content (AvgIpc) is 3.79. The number of rotatable bonds is 6. The van der Waals surface area contributed by atoms with Crippen molar-refractivity contribution < 1.29 is 4.42 Å². The van der Waals surface area contributed by atoms with E-state index in [0.29, 0.717) is 5.89 Å². The molecule has 0 amide bonds. The zero-order valence-corrected chi connectivity index (χ0v) is 27.6. The molecule has 2 aromatic heterocycles. The molecular formula is C47H31N3O. The van der Waals surface area contributed by atoms with Gasteiger partial charge in [0.1, 0.15) is 5.52 Å². The summed E-state index contributed by atoms with van der Waals surface area (Å²) in [5.74, 6) is 0.629. The first-order valence-electron chi connectivity index (χ1n) is 17.2. The summed E-state index contributed by atoms with van der Waals surface area (Å²) in [6.45, 7) is 0. The lowest BCUT2D eigenvalue weighted by molar-refractivity contribution is 0.623. The fourth-order valence-electron chi connectivity index (χ4n) is 7.38. The third kappa shape index (κ3) is 4.96. The SMILES string of the molecule is c1ccc(-c2ccc(N(c3ccc4c(ccc5nc(-c6ccccc6)oc54)c3)c3ccc4c5ccccc5n(-c5ccccc5)c4c3)cc2)cc1. The Bertz CT molecular complexity index is 2840. The van der Waals surface area contributed by atoms with Crippen LogP contribution in [0.1, 0.15) is 0 Å². The lowest BCUT2D eigenvalue weighted by atomic mass is 10.0. The largest absolute Gasteiger partial charge is 0.435 e. The molecule has 240 valence electrons. The van der Waals surface area contributed by atoms with Crippen molar-refractivity contribution in [3.05, 3.63) is 188 Å². The number of anilines is 3. The van der Waals surface area contributed by atoms with Gasteiger partial charge >= 0.3 is 0 Å². The second kappa shape index (κ2) is 11.9. The van der Waals surface area contributed by atoms with Gasteiger partial charge in [-0.15, -0.1) is 0 Å². The quantitative estimate of drug-likeness (QED) is 0.179. The molecule has 10 rings (SSSR count). The zero-order valence-electron chi connectivity index (χ0n) is 27.6. The molecule has 4 nitrogen and oxygen atoms in total. The number of hydrogen-bond acceptors (Lipinski definition) is 3. The highest BCUT2D eigenvalue weighted by molar-refractivity contribution is 6.11. The van der Waals surface area contributed by atoms with Crippen LogP contribution in [0.2, 0.25) is 0 Å². The molecule has 0 spiro atoms. The molecule has 0 saturated heterocycles. The van der Waals surface area contributed by atoms with E-state index in [0.717, 1.165) is 55.7 Å². The van der Waals surface area contributed by atoms with E-state index in [1.807, 2.05) is 30.3 Å². The predicted octanol–water partition coefficient (Wildman–Crippen LogP) is 12.9. The van der Waals surface area contributed by atoms with E-state index in [4.69, 9.17) is 9.40 Å². The number of nitrogens with zero attached hydrogens (tertiary/aromatic N) is 3. The molecule has 0 saturated carbocycles. The molecule has 51 heavy (non-hydrogen) atoms. The Labute approximate surface area is 295 Å². The summed E-state index contributed by atoms with van der Waals surface area (Å²) in [6, 6.07) is 66.4.